The minimum absolute atomic E-state index is 0.595. The standard InChI is InChI=1S/C10H18O3/c1-8(10(11)12)13-7-6-9-4-2-3-5-9/h8-9H,2-7H2,1H3,(H,11,12)/t8-/m0/s1. The van der Waals surface area contributed by atoms with Crippen LogP contribution >= 0.6 is 0 Å². The molecule has 1 atom stereocenters. The SMILES string of the molecule is C[C@H](OCCC1CCCC1)C(=O)O. The fourth-order valence-electron chi connectivity index (χ4n) is 1.78. The van der Waals surface area contributed by atoms with Crippen LogP contribution in [0.4, 0.5) is 0 Å². The molecule has 1 fully saturated rings. The lowest BCUT2D eigenvalue weighted by Gasteiger charge is -2.11. The van der Waals surface area contributed by atoms with Crippen LogP contribution in [0.1, 0.15) is 39.0 Å². The number of ether oxygens (including phenoxy) is 1. The van der Waals surface area contributed by atoms with Gasteiger partial charge in [-0.05, 0) is 19.3 Å². The smallest absolute Gasteiger partial charge is 0.332 e. The first-order valence-corrected chi connectivity index (χ1v) is 5.04. The Balaban J connectivity index is 2.02. The summed E-state index contributed by atoms with van der Waals surface area (Å²) in [4.78, 5) is 10.4. The fraction of sp³-hybridized carbons (Fsp3) is 0.900. The van der Waals surface area contributed by atoms with Crippen LogP contribution in [-0.2, 0) is 9.53 Å². The van der Waals surface area contributed by atoms with Crippen LogP contribution in [0.15, 0.2) is 0 Å². The zero-order valence-corrected chi connectivity index (χ0v) is 8.16. The lowest BCUT2D eigenvalue weighted by Crippen LogP contribution is -2.20. The molecule has 1 aliphatic carbocycles. The maximum atomic E-state index is 10.4. The topological polar surface area (TPSA) is 46.5 Å². The van der Waals surface area contributed by atoms with Crippen molar-refractivity contribution in [3.63, 3.8) is 0 Å². The van der Waals surface area contributed by atoms with Gasteiger partial charge in [-0.15, -0.1) is 0 Å². The number of rotatable bonds is 5. The van der Waals surface area contributed by atoms with Crippen molar-refractivity contribution >= 4 is 5.97 Å². The molecule has 0 heterocycles. The molecule has 1 N–H and O–H groups in total. The molecule has 0 radical (unpaired) electrons. The first-order valence-electron chi connectivity index (χ1n) is 5.04. The third-order valence-corrected chi connectivity index (χ3v) is 2.72. The first kappa shape index (κ1) is 10.5. The average Bonchev–Trinajstić information content (AvgIpc) is 2.56. The van der Waals surface area contributed by atoms with E-state index in [-0.39, 0.29) is 0 Å². The molecule has 0 aromatic rings. The van der Waals surface area contributed by atoms with Gasteiger partial charge in [0.15, 0.2) is 6.10 Å². The number of carboxylic acid groups (broad SMARTS) is 1. The summed E-state index contributed by atoms with van der Waals surface area (Å²) in [5.74, 6) is -0.0904. The molecule has 0 bridgehead atoms. The molecule has 0 saturated heterocycles. The van der Waals surface area contributed by atoms with Gasteiger partial charge in [0, 0.05) is 6.61 Å². The Labute approximate surface area is 79.1 Å². The van der Waals surface area contributed by atoms with Gasteiger partial charge in [0.25, 0.3) is 0 Å². The summed E-state index contributed by atoms with van der Waals surface area (Å²) in [6.07, 6.45) is 5.63. The highest BCUT2D eigenvalue weighted by atomic mass is 16.5. The minimum Gasteiger partial charge on any atom is -0.479 e. The number of hydrogen-bond donors (Lipinski definition) is 1. The second-order valence-corrected chi connectivity index (χ2v) is 3.79. The van der Waals surface area contributed by atoms with Crippen molar-refractivity contribution in [3.8, 4) is 0 Å². The van der Waals surface area contributed by atoms with Crippen LogP contribution in [0.2, 0.25) is 0 Å². The molecule has 3 heteroatoms. The van der Waals surface area contributed by atoms with E-state index in [2.05, 4.69) is 0 Å². The van der Waals surface area contributed by atoms with Crippen LogP contribution < -0.4 is 0 Å². The normalized spacial score (nSPS) is 20.4. The quantitative estimate of drug-likeness (QED) is 0.714. The van der Waals surface area contributed by atoms with E-state index in [1.165, 1.54) is 25.7 Å². The van der Waals surface area contributed by atoms with Crippen molar-refractivity contribution < 1.29 is 14.6 Å². The van der Waals surface area contributed by atoms with Crippen molar-refractivity contribution in [1.82, 2.24) is 0 Å². The lowest BCUT2D eigenvalue weighted by atomic mass is 10.1. The predicted molar refractivity (Wildman–Crippen MR) is 49.6 cm³/mol. The monoisotopic (exact) mass is 186 g/mol. The fourth-order valence-corrected chi connectivity index (χ4v) is 1.78. The van der Waals surface area contributed by atoms with Crippen LogP contribution in [0, 0.1) is 5.92 Å². The maximum absolute atomic E-state index is 10.4. The van der Waals surface area contributed by atoms with Gasteiger partial charge in [-0.1, -0.05) is 25.7 Å². The summed E-state index contributed by atoms with van der Waals surface area (Å²) in [5, 5.41) is 8.55. The van der Waals surface area contributed by atoms with Gasteiger partial charge in [0.05, 0.1) is 0 Å². The molecule has 0 aromatic heterocycles. The number of aliphatic carboxylic acids is 1. The van der Waals surface area contributed by atoms with E-state index in [1.54, 1.807) is 6.92 Å². The molecule has 76 valence electrons. The Morgan fingerprint density at radius 2 is 2.15 bits per heavy atom. The van der Waals surface area contributed by atoms with E-state index >= 15 is 0 Å². The van der Waals surface area contributed by atoms with E-state index in [0.717, 1.165) is 12.3 Å². The molecule has 0 unspecified atom stereocenters. The second-order valence-electron chi connectivity index (χ2n) is 3.79. The van der Waals surface area contributed by atoms with Gasteiger partial charge in [-0.2, -0.15) is 0 Å². The van der Waals surface area contributed by atoms with Crippen molar-refractivity contribution in [2.24, 2.45) is 5.92 Å². The van der Waals surface area contributed by atoms with E-state index < -0.39 is 12.1 Å². The Morgan fingerprint density at radius 3 is 2.69 bits per heavy atom. The molecule has 1 aliphatic rings. The Morgan fingerprint density at radius 1 is 1.54 bits per heavy atom. The molecule has 0 aromatic carbocycles. The summed E-state index contributed by atoms with van der Waals surface area (Å²) in [7, 11) is 0. The van der Waals surface area contributed by atoms with Gasteiger partial charge < -0.3 is 9.84 Å². The van der Waals surface area contributed by atoms with Crippen molar-refractivity contribution in [1.29, 1.82) is 0 Å². The molecule has 0 spiro atoms. The number of hydrogen-bond acceptors (Lipinski definition) is 2. The summed E-state index contributed by atoms with van der Waals surface area (Å²) in [6.45, 7) is 2.18. The number of carbonyl (C=O) groups is 1. The predicted octanol–water partition coefficient (Wildman–Crippen LogP) is 2.06. The second kappa shape index (κ2) is 5.22. The van der Waals surface area contributed by atoms with Crippen molar-refractivity contribution in [2.45, 2.75) is 45.1 Å². The molecule has 1 saturated carbocycles. The van der Waals surface area contributed by atoms with E-state index in [0.29, 0.717) is 6.61 Å². The first-order chi connectivity index (χ1) is 6.20. The Bertz CT molecular complexity index is 162. The third kappa shape index (κ3) is 3.77. The number of carboxylic acids is 1. The van der Waals surface area contributed by atoms with Crippen LogP contribution in [0.5, 0.6) is 0 Å². The van der Waals surface area contributed by atoms with Gasteiger partial charge in [-0.3, -0.25) is 0 Å². The van der Waals surface area contributed by atoms with Crippen molar-refractivity contribution in [2.75, 3.05) is 6.61 Å². The highest BCUT2D eigenvalue weighted by molar-refractivity contribution is 5.71. The summed E-state index contributed by atoms with van der Waals surface area (Å²) >= 11 is 0. The van der Waals surface area contributed by atoms with Gasteiger partial charge in [0.1, 0.15) is 0 Å². The molecule has 3 nitrogen and oxygen atoms in total. The highest BCUT2D eigenvalue weighted by Gasteiger charge is 2.16. The van der Waals surface area contributed by atoms with Gasteiger partial charge >= 0.3 is 5.97 Å². The minimum atomic E-state index is -0.869. The molecule has 0 aliphatic heterocycles. The zero-order valence-electron chi connectivity index (χ0n) is 8.16. The molecular weight excluding hydrogens is 168 g/mol. The van der Waals surface area contributed by atoms with Crippen LogP contribution in [0.3, 0.4) is 0 Å². The maximum Gasteiger partial charge on any atom is 0.332 e. The van der Waals surface area contributed by atoms with Gasteiger partial charge in [0.2, 0.25) is 0 Å². The van der Waals surface area contributed by atoms with Crippen LogP contribution in [0.25, 0.3) is 0 Å². The lowest BCUT2D eigenvalue weighted by molar-refractivity contribution is -0.149. The van der Waals surface area contributed by atoms with Gasteiger partial charge in [-0.25, -0.2) is 4.79 Å². The molecule has 1 rings (SSSR count). The van der Waals surface area contributed by atoms with E-state index in [1.807, 2.05) is 0 Å². The summed E-state index contributed by atoms with van der Waals surface area (Å²) in [6, 6.07) is 0. The summed E-state index contributed by atoms with van der Waals surface area (Å²) < 4.78 is 5.17. The van der Waals surface area contributed by atoms with Crippen LogP contribution in [-0.4, -0.2) is 23.8 Å². The average molecular weight is 186 g/mol. The zero-order chi connectivity index (χ0) is 9.68. The Kier molecular flexibility index (Phi) is 4.22. The highest BCUT2D eigenvalue weighted by Crippen LogP contribution is 2.27. The molecule has 0 amide bonds. The Hall–Kier alpha value is -0.570. The molecular formula is C10H18O3. The molecule has 13 heavy (non-hydrogen) atoms. The van der Waals surface area contributed by atoms with E-state index in [4.69, 9.17) is 9.84 Å². The van der Waals surface area contributed by atoms with Crippen molar-refractivity contribution in [3.05, 3.63) is 0 Å². The largest absolute Gasteiger partial charge is 0.479 e. The van der Waals surface area contributed by atoms with E-state index in [9.17, 15) is 4.79 Å². The summed E-state index contributed by atoms with van der Waals surface area (Å²) in [5.41, 5.74) is 0. The third-order valence-electron chi connectivity index (χ3n) is 2.72.